The SMILES string of the molecule is CCC1CCC(CNC(=O)c2cccc(C)c2Br)CC1. The van der Waals surface area contributed by atoms with Crippen molar-refractivity contribution < 1.29 is 4.79 Å². The molecule has 0 aliphatic heterocycles. The van der Waals surface area contributed by atoms with Gasteiger partial charge in [0, 0.05) is 11.0 Å². The van der Waals surface area contributed by atoms with Crippen molar-refractivity contribution >= 4 is 21.8 Å². The highest BCUT2D eigenvalue weighted by Gasteiger charge is 2.21. The first-order valence-electron chi connectivity index (χ1n) is 7.65. The summed E-state index contributed by atoms with van der Waals surface area (Å²) in [7, 11) is 0. The Morgan fingerprint density at radius 1 is 1.25 bits per heavy atom. The van der Waals surface area contributed by atoms with Crippen molar-refractivity contribution in [3.05, 3.63) is 33.8 Å². The molecule has 0 bridgehead atoms. The molecule has 1 aliphatic carbocycles. The number of halogens is 1. The number of amides is 1. The average Bonchev–Trinajstić information content (AvgIpc) is 2.48. The van der Waals surface area contributed by atoms with E-state index >= 15 is 0 Å². The maximum Gasteiger partial charge on any atom is 0.252 e. The fourth-order valence-electron chi connectivity index (χ4n) is 3.00. The lowest BCUT2D eigenvalue weighted by Gasteiger charge is -2.27. The second kappa shape index (κ2) is 7.26. The van der Waals surface area contributed by atoms with Crippen LogP contribution >= 0.6 is 15.9 Å². The fraction of sp³-hybridized carbons (Fsp3) is 0.588. The zero-order valence-corrected chi connectivity index (χ0v) is 14.0. The van der Waals surface area contributed by atoms with Crippen LogP contribution in [-0.4, -0.2) is 12.5 Å². The van der Waals surface area contributed by atoms with Gasteiger partial charge in [0.25, 0.3) is 5.91 Å². The summed E-state index contributed by atoms with van der Waals surface area (Å²) in [5.74, 6) is 1.61. The molecule has 1 fully saturated rings. The second-order valence-electron chi connectivity index (χ2n) is 5.94. The van der Waals surface area contributed by atoms with Crippen LogP contribution in [0.1, 0.15) is 54.9 Å². The summed E-state index contributed by atoms with van der Waals surface area (Å²) in [6.45, 7) is 5.10. The third kappa shape index (κ3) is 3.85. The highest BCUT2D eigenvalue weighted by molar-refractivity contribution is 9.10. The van der Waals surface area contributed by atoms with E-state index in [1.165, 1.54) is 32.1 Å². The molecule has 2 rings (SSSR count). The van der Waals surface area contributed by atoms with Crippen LogP contribution in [0.2, 0.25) is 0 Å². The molecule has 1 saturated carbocycles. The minimum atomic E-state index is 0.0400. The number of hydrogen-bond acceptors (Lipinski definition) is 1. The van der Waals surface area contributed by atoms with Gasteiger partial charge in [0.2, 0.25) is 0 Å². The Balaban J connectivity index is 1.85. The summed E-state index contributed by atoms with van der Waals surface area (Å²) in [6, 6.07) is 5.81. The van der Waals surface area contributed by atoms with Crippen LogP contribution in [0.15, 0.2) is 22.7 Å². The van der Waals surface area contributed by atoms with Crippen molar-refractivity contribution in [3.63, 3.8) is 0 Å². The van der Waals surface area contributed by atoms with Crippen molar-refractivity contribution in [2.75, 3.05) is 6.54 Å². The third-order valence-electron chi connectivity index (χ3n) is 4.53. The van der Waals surface area contributed by atoms with Gasteiger partial charge in [-0.1, -0.05) is 38.3 Å². The van der Waals surface area contributed by atoms with E-state index < -0.39 is 0 Å². The van der Waals surface area contributed by atoms with Crippen molar-refractivity contribution in [2.24, 2.45) is 11.8 Å². The van der Waals surface area contributed by atoms with E-state index in [9.17, 15) is 4.79 Å². The molecule has 1 aliphatic rings. The molecule has 0 heterocycles. The Morgan fingerprint density at radius 3 is 2.55 bits per heavy atom. The molecule has 0 radical (unpaired) electrons. The number of carbonyl (C=O) groups is 1. The largest absolute Gasteiger partial charge is 0.352 e. The Labute approximate surface area is 130 Å². The molecule has 0 atom stereocenters. The predicted octanol–water partition coefficient (Wildman–Crippen LogP) is 4.70. The summed E-state index contributed by atoms with van der Waals surface area (Å²) in [4.78, 5) is 12.2. The lowest BCUT2D eigenvalue weighted by Crippen LogP contribution is -2.31. The third-order valence-corrected chi connectivity index (χ3v) is 5.58. The lowest BCUT2D eigenvalue weighted by molar-refractivity contribution is 0.0940. The van der Waals surface area contributed by atoms with Crippen molar-refractivity contribution in [3.8, 4) is 0 Å². The topological polar surface area (TPSA) is 29.1 Å². The van der Waals surface area contributed by atoms with Crippen LogP contribution in [0, 0.1) is 18.8 Å². The molecule has 0 saturated heterocycles. The molecule has 1 N–H and O–H groups in total. The van der Waals surface area contributed by atoms with Crippen molar-refractivity contribution in [1.82, 2.24) is 5.32 Å². The monoisotopic (exact) mass is 337 g/mol. The van der Waals surface area contributed by atoms with Crippen molar-refractivity contribution in [1.29, 1.82) is 0 Å². The quantitative estimate of drug-likeness (QED) is 0.847. The number of nitrogens with one attached hydrogen (secondary N) is 1. The highest BCUT2D eigenvalue weighted by atomic mass is 79.9. The molecule has 0 spiro atoms. The van der Waals surface area contributed by atoms with Crippen LogP contribution < -0.4 is 5.32 Å². The summed E-state index contributed by atoms with van der Waals surface area (Å²) in [5.41, 5.74) is 1.84. The number of benzene rings is 1. The standard InChI is InChI=1S/C17H24BrNO/c1-3-13-7-9-14(10-8-13)11-19-17(20)15-6-4-5-12(2)16(15)18/h4-6,13-14H,3,7-11H2,1-2H3,(H,19,20). The number of aryl methyl sites for hydroxylation is 1. The van der Waals surface area contributed by atoms with Gasteiger partial charge in [-0.05, 0) is 59.2 Å². The molecular formula is C17H24BrNO. The van der Waals surface area contributed by atoms with Gasteiger partial charge in [-0.15, -0.1) is 0 Å². The zero-order valence-electron chi connectivity index (χ0n) is 12.4. The fourth-order valence-corrected chi connectivity index (χ4v) is 3.44. The van der Waals surface area contributed by atoms with Crippen LogP contribution in [-0.2, 0) is 0 Å². The predicted molar refractivity (Wildman–Crippen MR) is 87.0 cm³/mol. The summed E-state index contributed by atoms with van der Waals surface area (Å²) >= 11 is 3.50. The Bertz CT molecular complexity index is 464. The van der Waals surface area contributed by atoms with Gasteiger partial charge in [0.15, 0.2) is 0 Å². The van der Waals surface area contributed by atoms with E-state index in [-0.39, 0.29) is 5.91 Å². The molecular weight excluding hydrogens is 314 g/mol. The molecule has 1 aromatic carbocycles. The van der Waals surface area contributed by atoms with E-state index in [1.54, 1.807) is 0 Å². The van der Waals surface area contributed by atoms with Crippen LogP contribution in [0.25, 0.3) is 0 Å². The molecule has 20 heavy (non-hydrogen) atoms. The smallest absolute Gasteiger partial charge is 0.252 e. The zero-order chi connectivity index (χ0) is 14.5. The number of rotatable bonds is 4. The first kappa shape index (κ1) is 15.6. The first-order chi connectivity index (χ1) is 9.61. The van der Waals surface area contributed by atoms with Gasteiger partial charge < -0.3 is 5.32 Å². The van der Waals surface area contributed by atoms with Gasteiger partial charge in [-0.25, -0.2) is 0 Å². The Hall–Kier alpha value is -0.830. The van der Waals surface area contributed by atoms with Crippen LogP contribution in [0.3, 0.4) is 0 Å². The normalized spacial score (nSPS) is 22.6. The summed E-state index contributed by atoms with van der Waals surface area (Å²) < 4.78 is 0.909. The maximum atomic E-state index is 12.2. The van der Waals surface area contributed by atoms with Gasteiger partial charge in [-0.3, -0.25) is 4.79 Å². The molecule has 0 aromatic heterocycles. The Kier molecular flexibility index (Phi) is 5.64. The van der Waals surface area contributed by atoms with E-state index in [1.807, 2.05) is 25.1 Å². The number of carbonyl (C=O) groups excluding carboxylic acids is 1. The van der Waals surface area contributed by atoms with Crippen LogP contribution in [0.4, 0.5) is 0 Å². The molecule has 110 valence electrons. The first-order valence-corrected chi connectivity index (χ1v) is 8.44. The molecule has 3 heteroatoms. The molecule has 0 unspecified atom stereocenters. The minimum absolute atomic E-state index is 0.0400. The van der Waals surface area contributed by atoms with Crippen LogP contribution in [0.5, 0.6) is 0 Å². The van der Waals surface area contributed by atoms with Gasteiger partial charge in [0.05, 0.1) is 5.56 Å². The highest BCUT2D eigenvalue weighted by Crippen LogP contribution is 2.30. The van der Waals surface area contributed by atoms with E-state index in [0.717, 1.165) is 28.1 Å². The summed E-state index contributed by atoms with van der Waals surface area (Å²) in [5, 5.41) is 3.10. The maximum absolute atomic E-state index is 12.2. The molecule has 2 nitrogen and oxygen atoms in total. The van der Waals surface area contributed by atoms with E-state index in [4.69, 9.17) is 0 Å². The van der Waals surface area contributed by atoms with Gasteiger partial charge in [-0.2, -0.15) is 0 Å². The summed E-state index contributed by atoms with van der Waals surface area (Å²) in [6.07, 6.45) is 6.47. The number of hydrogen-bond donors (Lipinski definition) is 1. The van der Waals surface area contributed by atoms with E-state index in [0.29, 0.717) is 5.92 Å². The second-order valence-corrected chi connectivity index (χ2v) is 6.73. The minimum Gasteiger partial charge on any atom is -0.352 e. The van der Waals surface area contributed by atoms with E-state index in [2.05, 4.69) is 28.2 Å². The lowest BCUT2D eigenvalue weighted by atomic mass is 9.81. The van der Waals surface area contributed by atoms with Gasteiger partial charge in [0.1, 0.15) is 0 Å². The van der Waals surface area contributed by atoms with Gasteiger partial charge >= 0.3 is 0 Å². The Morgan fingerprint density at radius 2 is 1.90 bits per heavy atom. The van der Waals surface area contributed by atoms with Crippen molar-refractivity contribution in [2.45, 2.75) is 46.0 Å². The molecule has 1 aromatic rings. The molecule has 1 amide bonds. The average molecular weight is 338 g/mol.